The molecule has 116 valence electrons. The van der Waals surface area contributed by atoms with Crippen molar-refractivity contribution >= 4 is 5.91 Å². The van der Waals surface area contributed by atoms with Gasteiger partial charge in [0.2, 0.25) is 5.91 Å². The van der Waals surface area contributed by atoms with Crippen LogP contribution in [0, 0.1) is 5.82 Å². The van der Waals surface area contributed by atoms with Crippen LogP contribution in [0.15, 0.2) is 36.7 Å². The zero-order valence-corrected chi connectivity index (χ0v) is 12.7. The molecule has 1 aromatic carbocycles. The summed E-state index contributed by atoms with van der Waals surface area (Å²) in [7, 11) is 1.87. The summed E-state index contributed by atoms with van der Waals surface area (Å²) in [5.74, 6) is -0.109. The molecule has 1 amide bonds. The van der Waals surface area contributed by atoms with E-state index >= 15 is 0 Å². The van der Waals surface area contributed by atoms with Crippen LogP contribution < -0.4 is 0 Å². The monoisotopic (exact) mass is 301 g/mol. The maximum atomic E-state index is 13.4. The largest absolute Gasteiger partial charge is 0.336 e. The second-order valence-electron chi connectivity index (χ2n) is 5.82. The molecule has 0 spiro atoms. The number of benzene rings is 1. The van der Waals surface area contributed by atoms with Crippen LogP contribution in [-0.2, 0) is 18.3 Å². The molecule has 4 nitrogen and oxygen atoms in total. The molecule has 0 radical (unpaired) electrons. The highest BCUT2D eigenvalue weighted by Crippen LogP contribution is 2.32. The molecular formula is C17H20FN3O. The fraction of sp³-hybridized carbons (Fsp3) is 0.412. The van der Waals surface area contributed by atoms with Gasteiger partial charge in [0, 0.05) is 26.2 Å². The Morgan fingerprint density at radius 1 is 1.45 bits per heavy atom. The number of aryl methyl sites for hydroxylation is 2. The number of rotatable bonds is 4. The maximum absolute atomic E-state index is 13.4. The fourth-order valence-corrected chi connectivity index (χ4v) is 3.12. The first-order chi connectivity index (χ1) is 10.6. The Hall–Kier alpha value is -2.17. The van der Waals surface area contributed by atoms with E-state index in [1.54, 1.807) is 16.9 Å². The van der Waals surface area contributed by atoms with Crippen LogP contribution in [0.3, 0.4) is 0 Å². The number of halogens is 1. The van der Waals surface area contributed by atoms with E-state index in [1.165, 1.54) is 12.1 Å². The second-order valence-corrected chi connectivity index (χ2v) is 5.82. The van der Waals surface area contributed by atoms with Gasteiger partial charge in [0.05, 0.1) is 12.2 Å². The van der Waals surface area contributed by atoms with E-state index in [0.717, 1.165) is 30.5 Å². The van der Waals surface area contributed by atoms with Gasteiger partial charge in [-0.05, 0) is 42.5 Å². The van der Waals surface area contributed by atoms with Crippen molar-refractivity contribution in [3.05, 3.63) is 53.6 Å². The van der Waals surface area contributed by atoms with Crippen molar-refractivity contribution in [3.63, 3.8) is 0 Å². The van der Waals surface area contributed by atoms with Crippen LogP contribution in [-0.4, -0.2) is 27.1 Å². The van der Waals surface area contributed by atoms with Gasteiger partial charge in [0.25, 0.3) is 0 Å². The van der Waals surface area contributed by atoms with E-state index in [-0.39, 0.29) is 17.8 Å². The standard InChI is InChI=1S/C17H20FN3O/c1-20-12-13(11-19-20)7-8-17(22)21-9-3-6-16(21)14-4-2-5-15(18)10-14/h2,4-5,10-12,16H,3,6-9H2,1H3/t16-/m0/s1. The molecule has 0 bridgehead atoms. The van der Waals surface area contributed by atoms with Crippen molar-refractivity contribution in [1.82, 2.24) is 14.7 Å². The quantitative estimate of drug-likeness (QED) is 0.871. The van der Waals surface area contributed by atoms with Gasteiger partial charge in [-0.1, -0.05) is 12.1 Å². The number of carbonyl (C=O) groups excluding carboxylic acids is 1. The molecule has 1 atom stereocenters. The molecule has 0 N–H and O–H groups in total. The highest BCUT2D eigenvalue weighted by molar-refractivity contribution is 5.77. The third kappa shape index (κ3) is 3.18. The molecule has 1 aromatic heterocycles. The van der Waals surface area contributed by atoms with Gasteiger partial charge in [0.1, 0.15) is 5.82 Å². The Labute approximate surface area is 129 Å². The van der Waals surface area contributed by atoms with Gasteiger partial charge in [-0.3, -0.25) is 9.48 Å². The summed E-state index contributed by atoms with van der Waals surface area (Å²) in [6.07, 6.45) is 6.76. The van der Waals surface area contributed by atoms with Crippen molar-refractivity contribution in [2.75, 3.05) is 6.54 Å². The topological polar surface area (TPSA) is 38.1 Å². The Morgan fingerprint density at radius 3 is 3.05 bits per heavy atom. The normalized spacial score (nSPS) is 17.9. The molecule has 0 aliphatic carbocycles. The van der Waals surface area contributed by atoms with Crippen molar-refractivity contribution in [3.8, 4) is 0 Å². The zero-order chi connectivity index (χ0) is 15.5. The van der Waals surface area contributed by atoms with E-state index in [0.29, 0.717) is 12.8 Å². The SMILES string of the molecule is Cn1cc(CCC(=O)N2CCC[C@H]2c2cccc(F)c2)cn1. The Bertz CT molecular complexity index is 667. The molecule has 0 saturated carbocycles. The number of hydrogen-bond acceptors (Lipinski definition) is 2. The lowest BCUT2D eigenvalue weighted by Gasteiger charge is -2.25. The summed E-state index contributed by atoms with van der Waals surface area (Å²) < 4.78 is 15.1. The highest BCUT2D eigenvalue weighted by atomic mass is 19.1. The van der Waals surface area contributed by atoms with Crippen molar-refractivity contribution < 1.29 is 9.18 Å². The number of hydrogen-bond donors (Lipinski definition) is 0. The molecule has 1 saturated heterocycles. The molecular weight excluding hydrogens is 281 g/mol. The van der Waals surface area contributed by atoms with Crippen molar-refractivity contribution in [2.45, 2.75) is 31.7 Å². The van der Waals surface area contributed by atoms with Crippen LogP contribution in [0.25, 0.3) is 0 Å². The molecule has 1 aliphatic heterocycles. The maximum Gasteiger partial charge on any atom is 0.223 e. The van der Waals surface area contributed by atoms with Crippen molar-refractivity contribution in [2.24, 2.45) is 7.05 Å². The number of nitrogens with zero attached hydrogens (tertiary/aromatic N) is 3. The number of aromatic nitrogens is 2. The molecule has 2 aromatic rings. The minimum Gasteiger partial charge on any atom is -0.336 e. The minimum absolute atomic E-state index is 0.0112. The van der Waals surface area contributed by atoms with E-state index in [9.17, 15) is 9.18 Å². The summed E-state index contributed by atoms with van der Waals surface area (Å²) in [6, 6.07) is 6.60. The van der Waals surface area contributed by atoms with Crippen LogP contribution >= 0.6 is 0 Å². The first-order valence-electron chi connectivity index (χ1n) is 7.66. The smallest absolute Gasteiger partial charge is 0.223 e. The summed E-state index contributed by atoms with van der Waals surface area (Å²) in [6.45, 7) is 0.757. The third-order valence-electron chi connectivity index (χ3n) is 4.19. The summed E-state index contributed by atoms with van der Waals surface area (Å²) in [5.41, 5.74) is 1.96. The van der Waals surface area contributed by atoms with Gasteiger partial charge >= 0.3 is 0 Å². The van der Waals surface area contributed by atoms with Crippen LogP contribution in [0.4, 0.5) is 4.39 Å². The molecule has 5 heteroatoms. The molecule has 0 unspecified atom stereocenters. The van der Waals surface area contributed by atoms with Crippen LogP contribution in [0.2, 0.25) is 0 Å². The minimum atomic E-state index is -0.243. The van der Waals surface area contributed by atoms with Gasteiger partial charge in [-0.25, -0.2) is 4.39 Å². The third-order valence-corrected chi connectivity index (χ3v) is 4.19. The van der Waals surface area contributed by atoms with Crippen LogP contribution in [0.5, 0.6) is 0 Å². The predicted molar refractivity (Wildman–Crippen MR) is 81.6 cm³/mol. The zero-order valence-electron chi connectivity index (χ0n) is 12.7. The lowest BCUT2D eigenvalue weighted by atomic mass is 10.0. The van der Waals surface area contributed by atoms with Gasteiger partial charge in [-0.15, -0.1) is 0 Å². The van der Waals surface area contributed by atoms with E-state index in [1.807, 2.05) is 24.2 Å². The van der Waals surface area contributed by atoms with Crippen molar-refractivity contribution in [1.29, 1.82) is 0 Å². The summed E-state index contributed by atoms with van der Waals surface area (Å²) >= 11 is 0. The number of carbonyl (C=O) groups is 1. The predicted octanol–water partition coefficient (Wildman–Crippen LogP) is 2.86. The van der Waals surface area contributed by atoms with E-state index < -0.39 is 0 Å². The van der Waals surface area contributed by atoms with E-state index in [2.05, 4.69) is 5.10 Å². The van der Waals surface area contributed by atoms with Gasteiger partial charge in [0.15, 0.2) is 0 Å². The number of likely N-dealkylation sites (tertiary alicyclic amines) is 1. The lowest BCUT2D eigenvalue weighted by Crippen LogP contribution is -2.30. The average Bonchev–Trinajstić information content (AvgIpc) is 3.13. The Kier molecular flexibility index (Phi) is 4.22. The fourth-order valence-electron chi connectivity index (χ4n) is 3.12. The lowest BCUT2D eigenvalue weighted by molar-refractivity contribution is -0.132. The van der Waals surface area contributed by atoms with E-state index in [4.69, 9.17) is 0 Å². The summed E-state index contributed by atoms with van der Waals surface area (Å²) in [4.78, 5) is 14.4. The first kappa shape index (κ1) is 14.8. The Balaban J connectivity index is 1.66. The Morgan fingerprint density at radius 2 is 2.32 bits per heavy atom. The van der Waals surface area contributed by atoms with Gasteiger partial charge in [-0.2, -0.15) is 5.10 Å². The van der Waals surface area contributed by atoms with Crippen LogP contribution in [0.1, 0.15) is 36.4 Å². The summed E-state index contributed by atoms with van der Waals surface area (Å²) in [5, 5.41) is 4.11. The molecule has 2 heterocycles. The average molecular weight is 301 g/mol. The molecule has 1 aliphatic rings. The van der Waals surface area contributed by atoms with Gasteiger partial charge < -0.3 is 4.90 Å². The molecule has 3 rings (SSSR count). The number of amides is 1. The molecule has 1 fully saturated rings. The molecule has 22 heavy (non-hydrogen) atoms. The highest BCUT2D eigenvalue weighted by Gasteiger charge is 2.29. The first-order valence-corrected chi connectivity index (χ1v) is 7.66. The second kappa shape index (κ2) is 6.30.